The number of anilines is 1. The second-order valence-corrected chi connectivity index (χ2v) is 3.69. The van der Waals surface area contributed by atoms with Gasteiger partial charge in [-0.1, -0.05) is 15.9 Å². The van der Waals surface area contributed by atoms with Gasteiger partial charge < -0.3 is 15.3 Å². The van der Waals surface area contributed by atoms with Crippen molar-refractivity contribution in [3.8, 4) is 5.75 Å². The van der Waals surface area contributed by atoms with Crippen LogP contribution >= 0.6 is 15.9 Å². The summed E-state index contributed by atoms with van der Waals surface area (Å²) in [5.41, 5.74) is 6.50. The van der Waals surface area contributed by atoms with Crippen LogP contribution in [0, 0.1) is 0 Å². The van der Waals surface area contributed by atoms with Crippen LogP contribution in [0.2, 0.25) is 0 Å². The minimum atomic E-state index is -0.443. The zero-order valence-electron chi connectivity index (χ0n) is 7.66. The number of phenols is 1. The number of aromatic hydroxyl groups is 1. The Hall–Kier alpha value is -1.49. The van der Waals surface area contributed by atoms with Crippen molar-refractivity contribution in [2.45, 2.75) is 5.33 Å². The van der Waals surface area contributed by atoms with Gasteiger partial charge in [-0.05, 0) is 11.6 Å². The minimum absolute atomic E-state index is 0.0858. The quantitative estimate of drug-likeness (QED) is 0.359. The van der Waals surface area contributed by atoms with Gasteiger partial charge in [-0.25, -0.2) is 4.79 Å². The molecule has 2 aromatic rings. The van der Waals surface area contributed by atoms with Gasteiger partial charge in [0.25, 0.3) is 0 Å². The molecule has 0 aliphatic carbocycles. The lowest BCUT2D eigenvalue weighted by Crippen LogP contribution is -1.99. The molecule has 1 aromatic heterocycles. The third-order valence-corrected chi connectivity index (χ3v) is 2.73. The van der Waals surface area contributed by atoms with Crippen molar-refractivity contribution in [2.75, 3.05) is 5.73 Å². The second-order valence-electron chi connectivity index (χ2n) is 3.13. The first-order chi connectivity index (χ1) is 7.11. The molecule has 3 N–H and O–H groups in total. The van der Waals surface area contributed by atoms with Crippen molar-refractivity contribution in [3.63, 3.8) is 0 Å². The molecule has 0 fully saturated rings. The average molecular weight is 270 g/mol. The third-order valence-electron chi connectivity index (χ3n) is 2.12. The van der Waals surface area contributed by atoms with Crippen LogP contribution < -0.4 is 11.4 Å². The highest BCUT2D eigenvalue weighted by molar-refractivity contribution is 9.08. The fourth-order valence-corrected chi connectivity index (χ4v) is 1.85. The van der Waals surface area contributed by atoms with Crippen LogP contribution in [0.5, 0.6) is 5.75 Å². The lowest BCUT2D eigenvalue weighted by Gasteiger charge is -2.04. The zero-order chi connectivity index (χ0) is 11.0. The van der Waals surface area contributed by atoms with Crippen LogP contribution in [0.25, 0.3) is 11.0 Å². The van der Waals surface area contributed by atoms with Gasteiger partial charge in [0.2, 0.25) is 0 Å². The van der Waals surface area contributed by atoms with Gasteiger partial charge >= 0.3 is 5.63 Å². The fraction of sp³-hybridized carbons (Fsp3) is 0.100. The van der Waals surface area contributed by atoms with Gasteiger partial charge in [0.1, 0.15) is 11.3 Å². The van der Waals surface area contributed by atoms with Gasteiger partial charge in [0.05, 0.1) is 5.69 Å². The molecule has 0 amide bonds. The van der Waals surface area contributed by atoms with Gasteiger partial charge in [0.15, 0.2) is 0 Å². The van der Waals surface area contributed by atoms with E-state index in [-0.39, 0.29) is 11.4 Å². The molecule has 0 aliphatic rings. The van der Waals surface area contributed by atoms with Gasteiger partial charge in [0, 0.05) is 22.8 Å². The summed E-state index contributed by atoms with van der Waals surface area (Å²) in [6.45, 7) is 0. The molecule has 15 heavy (non-hydrogen) atoms. The predicted octanol–water partition coefficient (Wildman–Crippen LogP) is 1.98. The molecule has 5 heteroatoms. The molecule has 1 heterocycles. The summed E-state index contributed by atoms with van der Waals surface area (Å²) in [5, 5.41) is 10.6. The lowest BCUT2D eigenvalue weighted by molar-refractivity contribution is 0.475. The molecule has 0 unspecified atom stereocenters. The van der Waals surface area contributed by atoms with Crippen molar-refractivity contribution in [3.05, 3.63) is 34.2 Å². The first kappa shape index (κ1) is 10.0. The molecule has 1 aromatic carbocycles. The molecular weight excluding hydrogens is 262 g/mol. The van der Waals surface area contributed by atoms with E-state index in [0.717, 1.165) is 10.9 Å². The average Bonchev–Trinajstić information content (AvgIpc) is 2.19. The van der Waals surface area contributed by atoms with E-state index in [1.165, 1.54) is 12.1 Å². The van der Waals surface area contributed by atoms with Crippen molar-refractivity contribution < 1.29 is 9.52 Å². The lowest BCUT2D eigenvalue weighted by atomic mass is 10.1. The SMILES string of the molecule is Nc1cc2c(CBr)cc(=O)oc2cc1O. The number of halogens is 1. The molecule has 2 rings (SSSR count). The van der Waals surface area contributed by atoms with Crippen LogP contribution in [-0.2, 0) is 5.33 Å². The second kappa shape index (κ2) is 3.58. The van der Waals surface area contributed by atoms with Crippen LogP contribution in [0.15, 0.2) is 27.4 Å². The number of alkyl halides is 1. The summed E-state index contributed by atoms with van der Waals surface area (Å²) < 4.78 is 4.95. The number of nitrogens with two attached hydrogens (primary N) is 1. The molecule has 0 radical (unpaired) electrons. The molecule has 0 aliphatic heterocycles. The molecular formula is C10H8BrNO3. The summed E-state index contributed by atoms with van der Waals surface area (Å²) in [5.74, 6) is -0.0858. The van der Waals surface area contributed by atoms with E-state index in [2.05, 4.69) is 15.9 Å². The number of rotatable bonds is 1. The largest absolute Gasteiger partial charge is 0.506 e. The number of hydrogen-bond donors (Lipinski definition) is 2. The van der Waals surface area contributed by atoms with Crippen molar-refractivity contribution in [1.82, 2.24) is 0 Å². The van der Waals surface area contributed by atoms with E-state index < -0.39 is 5.63 Å². The summed E-state index contributed by atoms with van der Waals surface area (Å²) in [6, 6.07) is 4.33. The maximum absolute atomic E-state index is 11.2. The van der Waals surface area contributed by atoms with E-state index in [1.807, 2.05) is 0 Å². The van der Waals surface area contributed by atoms with E-state index >= 15 is 0 Å². The van der Waals surface area contributed by atoms with Crippen LogP contribution in [-0.4, -0.2) is 5.11 Å². The number of hydrogen-bond acceptors (Lipinski definition) is 4. The fourth-order valence-electron chi connectivity index (χ4n) is 1.39. The van der Waals surface area contributed by atoms with E-state index in [1.54, 1.807) is 6.07 Å². The smallest absolute Gasteiger partial charge is 0.336 e. The highest BCUT2D eigenvalue weighted by Gasteiger charge is 2.07. The van der Waals surface area contributed by atoms with Crippen LogP contribution in [0.4, 0.5) is 5.69 Å². The first-order valence-corrected chi connectivity index (χ1v) is 5.35. The molecule has 0 saturated carbocycles. The Balaban J connectivity index is 2.90. The Morgan fingerprint density at radius 1 is 1.40 bits per heavy atom. The Labute approximate surface area is 93.4 Å². The zero-order valence-corrected chi connectivity index (χ0v) is 9.24. The normalized spacial score (nSPS) is 10.7. The van der Waals surface area contributed by atoms with Crippen LogP contribution in [0.3, 0.4) is 0 Å². The standard InChI is InChI=1S/C10H8BrNO3/c11-4-5-1-10(14)15-9-3-8(13)7(12)2-6(5)9/h1-3,13H,4,12H2. The predicted molar refractivity (Wildman–Crippen MR) is 61.2 cm³/mol. The number of phenolic OH excluding ortho intramolecular Hbond substituents is 1. The maximum Gasteiger partial charge on any atom is 0.336 e. The first-order valence-electron chi connectivity index (χ1n) is 4.23. The van der Waals surface area contributed by atoms with Gasteiger partial charge in [-0.3, -0.25) is 0 Å². The molecule has 0 atom stereocenters. The van der Waals surface area contributed by atoms with Crippen LogP contribution in [0.1, 0.15) is 5.56 Å². The minimum Gasteiger partial charge on any atom is -0.506 e. The summed E-state index contributed by atoms with van der Waals surface area (Å²) in [6.07, 6.45) is 0. The van der Waals surface area contributed by atoms with Crippen molar-refractivity contribution in [1.29, 1.82) is 0 Å². The Kier molecular flexibility index (Phi) is 2.40. The van der Waals surface area contributed by atoms with Gasteiger partial charge in [-0.2, -0.15) is 0 Å². The number of fused-ring (bicyclic) bond motifs is 1. The number of benzene rings is 1. The molecule has 4 nitrogen and oxygen atoms in total. The molecule has 0 bridgehead atoms. The summed E-state index contributed by atoms with van der Waals surface area (Å²) in [4.78, 5) is 11.2. The molecule has 78 valence electrons. The summed E-state index contributed by atoms with van der Waals surface area (Å²) in [7, 11) is 0. The topological polar surface area (TPSA) is 76.5 Å². The Morgan fingerprint density at radius 2 is 2.13 bits per heavy atom. The van der Waals surface area contributed by atoms with Crippen molar-refractivity contribution in [2.24, 2.45) is 0 Å². The monoisotopic (exact) mass is 269 g/mol. The van der Waals surface area contributed by atoms with E-state index in [4.69, 9.17) is 10.2 Å². The van der Waals surface area contributed by atoms with Gasteiger partial charge in [-0.15, -0.1) is 0 Å². The summed E-state index contributed by atoms with van der Waals surface area (Å²) >= 11 is 3.27. The Bertz CT molecular complexity index is 577. The Morgan fingerprint density at radius 3 is 2.80 bits per heavy atom. The molecule has 0 saturated heterocycles. The van der Waals surface area contributed by atoms with E-state index in [9.17, 15) is 9.90 Å². The van der Waals surface area contributed by atoms with Crippen molar-refractivity contribution >= 4 is 32.6 Å². The van der Waals surface area contributed by atoms with E-state index in [0.29, 0.717) is 10.9 Å². The third kappa shape index (κ3) is 1.70. The maximum atomic E-state index is 11.2. The number of nitrogen functional groups attached to an aromatic ring is 1. The highest BCUT2D eigenvalue weighted by Crippen LogP contribution is 2.28. The molecule has 0 spiro atoms. The highest BCUT2D eigenvalue weighted by atomic mass is 79.9.